The normalized spacial score (nSPS) is 11.1. The van der Waals surface area contributed by atoms with Gasteiger partial charge in [-0.15, -0.1) is 0 Å². The molecule has 0 unspecified atom stereocenters. The van der Waals surface area contributed by atoms with Crippen LogP contribution < -0.4 is 4.74 Å². The van der Waals surface area contributed by atoms with Crippen molar-refractivity contribution in [2.75, 3.05) is 39.9 Å². The van der Waals surface area contributed by atoms with Crippen LogP contribution in [-0.2, 0) is 11.3 Å². The molecule has 0 bridgehead atoms. The monoisotopic (exact) mass is 423 g/mol. The molecule has 0 radical (unpaired) electrons. The van der Waals surface area contributed by atoms with E-state index in [1.165, 1.54) is 0 Å². The molecule has 0 saturated carbocycles. The molecule has 1 heterocycles. The molecule has 7 nitrogen and oxygen atoms in total. The van der Waals surface area contributed by atoms with Crippen molar-refractivity contribution in [3.05, 3.63) is 65.4 Å². The van der Waals surface area contributed by atoms with Gasteiger partial charge in [-0.3, -0.25) is 4.79 Å². The quantitative estimate of drug-likeness (QED) is 0.463. The number of nitrogens with one attached hydrogen (secondary N) is 1. The minimum Gasteiger partial charge on any atom is -0.491 e. The predicted molar refractivity (Wildman–Crippen MR) is 120 cm³/mol. The Labute approximate surface area is 182 Å². The van der Waals surface area contributed by atoms with Crippen LogP contribution in [0.25, 0.3) is 10.9 Å². The zero-order valence-electron chi connectivity index (χ0n) is 18.0. The van der Waals surface area contributed by atoms with Crippen molar-refractivity contribution in [3.8, 4) is 5.75 Å². The molecule has 0 spiro atoms. The fourth-order valence-corrected chi connectivity index (χ4v) is 3.44. The summed E-state index contributed by atoms with van der Waals surface area (Å²) in [5, 5.41) is 9.80. The Morgan fingerprint density at radius 1 is 1.13 bits per heavy atom. The third kappa shape index (κ3) is 6.16. The summed E-state index contributed by atoms with van der Waals surface area (Å²) < 4.78 is 5.37. The van der Waals surface area contributed by atoms with Gasteiger partial charge in [0.25, 0.3) is 5.91 Å². The number of aryl methyl sites for hydroxylation is 1. The summed E-state index contributed by atoms with van der Waals surface area (Å²) in [5.74, 6) is 0.538. The van der Waals surface area contributed by atoms with Gasteiger partial charge in [0.1, 0.15) is 24.3 Å². The molecular formula is C24H29N3O4. The number of H-pyrrole nitrogens is 1. The predicted octanol–water partition coefficient (Wildman–Crippen LogP) is 2.62. The van der Waals surface area contributed by atoms with Crippen LogP contribution in [0.3, 0.4) is 0 Å². The van der Waals surface area contributed by atoms with Gasteiger partial charge in [-0.1, -0.05) is 23.8 Å². The summed E-state index contributed by atoms with van der Waals surface area (Å²) >= 11 is 0. The second-order valence-electron chi connectivity index (χ2n) is 7.65. The maximum atomic E-state index is 13.0. The Balaban J connectivity index is 1.58. The average molecular weight is 424 g/mol. The van der Waals surface area contributed by atoms with Crippen LogP contribution in [0.2, 0.25) is 0 Å². The second kappa shape index (κ2) is 10.7. The van der Waals surface area contributed by atoms with Crippen molar-refractivity contribution in [1.29, 1.82) is 0 Å². The fourth-order valence-electron chi connectivity index (χ4n) is 3.44. The number of likely N-dealkylation sites (N-methyl/N-ethyl adjacent to an activating group) is 1. The number of fused-ring (bicyclic) bond motifs is 1. The number of aliphatic hydroxyl groups is 1. The summed E-state index contributed by atoms with van der Waals surface area (Å²) in [7, 11) is 1.98. The van der Waals surface area contributed by atoms with Crippen molar-refractivity contribution < 1.29 is 19.4 Å². The van der Waals surface area contributed by atoms with E-state index in [4.69, 9.17) is 9.84 Å². The van der Waals surface area contributed by atoms with Gasteiger partial charge in [0.15, 0.2) is 0 Å². The van der Waals surface area contributed by atoms with Gasteiger partial charge in [-0.25, -0.2) is 0 Å². The summed E-state index contributed by atoms with van der Waals surface area (Å²) in [6.07, 6.45) is 0.760. The van der Waals surface area contributed by atoms with Crippen LogP contribution in [0, 0.1) is 6.92 Å². The summed E-state index contributed by atoms with van der Waals surface area (Å²) in [6.45, 7) is 4.10. The van der Waals surface area contributed by atoms with Crippen LogP contribution in [-0.4, -0.2) is 72.0 Å². The van der Waals surface area contributed by atoms with Gasteiger partial charge < -0.3 is 29.4 Å². The van der Waals surface area contributed by atoms with Crippen molar-refractivity contribution in [3.63, 3.8) is 0 Å². The number of carbonyl (C=O) groups is 2. The number of aromatic nitrogens is 1. The third-order valence-corrected chi connectivity index (χ3v) is 5.08. The summed E-state index contributed by atoms with van der Waals surface area (Å²) in [5.41, 5.74) is 3.63. The number of aliphatic hydroxyl groups excluding tert-OH is 1. The lowest BCUT2D eigenvalue weighted by atomic mass is 10.2. The molecule has 31 heavy (non-hydrogen) atoms. The number of amides is 1. The maximum Gasteiger partial charge on any atom is 0.270 e. The van der Waals surface area contributed by atoms with Crippen LogP contribution in [0.5, 0.6) is 5.75 Å². The molecule has 0 aliphatic heterocycles. The fraction of sp³-hybridized carbons (Fsp3) is 0.333. The van der Waals surface area contributed by atoms with Crippen molar-refractivity contribution in [2.24, 2.45) is 0 Å². The van der Waals surface area contributed by atoms with E-state index < -0.39 is 0 Å². The number of aromatic amines is 1. The van der Waals surface area contributed by atoms with Gasteiger partial charge in [-0.05, 0) is 49.9 Å². The molecule has 0 fully saturated rings. The second-order valence-corrected chi connectivity index (χ2v) is 7.65. The van der Waals surface area contributed by atoms with E-state index >= 15 is 0 Å². The average Bonchev–Trinajstić information content (AvgIpc) is 3.19. The Morgan fingerprint density at radius 3 is 2.61 bits per heavy atom. The molecule has 0 aliphatic rings. The molecule has 7 heteroatoms. The standard InChI is InChI=1S/C24H29N3O4/c1-18-3-8-22-20(15-18)16-23(25-22)24(30)27(11-12-28)10-9-26(2)17-19-4-6-21(7-5-19)31-14-13-29/h3-8,12,15-16,25,29H,9-11,13-14,17H2,1-2H3. The summed E-state index contributed by atoms with van der Waals surface area (Å²) in [6, 6.07) is 15.5. The third-order valence-electron chi connectivity index (χ3n) is 5.08. The molecule has 164 valence electrons. The number of hydrogen-bond acceptors (Lipinski definition) is 5. The smallest absolute Gasteiger partial charge is 0.270 e. The minimum atomic E-state index is -0.181. The number of aldehydes is 1. The van der Waals surface area contributed by atoms with Crippen molar-refractivity contribution in [1.82, 2.24) is 14.8 Å². The van der Waals surface area contributed by atoms with Crippen LogP contribution in [0.4, 0.5) is 0 Å². The van der Waals surface area contributed by atoms with Gasteiger partial charge in [0.05, 0.1) is 13.2 Å². The zero-order valence-corrected chi connectivity index (χ0v) is 18.0. The molecule has 3 aromatic rings. The molecule has 1 aromatic heterocycles. The Kier molecular flexibility index (Phi) is 7.81. The van der Waals surface area contributed by atoms with E-state index in [0.717, 1.165) is 34.1 Å². The Bertz CT molecular complexity index is 1010. The highest BCUT2D eigenvalue weighted by molar-refractivity contribution is 5.98. The lowest BCUT2D eigenvalue weighted by molar-refractivity contribution is -0.108. The Morgan fingerprint density at radius 2 is 1.90 bits per heavy atom. The van der Waals surface area contributed by atoms with Gasteiger partial charge >= 0.3 is 0 Å². The van der Waals surface area contributed by atoms with E-state index in [1.807, 2.05) is 62.5 Å². The molecule has 0 saturated heterocycles. The molecule has 3 rings (SSSR count). The molecule has 1 amide bonds. The first-order valence-electron chi connectivity index (χ1n) is 10.3. The molecule has 2 N–H and O–H groups in total. The van der Waals surface area contributed by atoms with E-state index in [2.05, 4.69) is 9.88 Å². The van der Waals surface area contributed by atoms with Crippen LogP contribution in [0.15, 0.2) is 48.5 Å². The van der Waals surface area contributed by atoms with E-state index in [1.54, 1.807) is 4.90 Å². The van der Waals surface area contributed by atoms with Crippen molar-refractivity contribution in [2.45, 2.75) is 13.5 Å². The number of benzene rings is 2. The van der Waals surface area contributed by atoms with E-state index in [9.17, 15) is 9.59 Å². The van der Waals surface area contributed by atoms with Crippen LogP contribution >= 0.6 is 0 Å². The number of ether oxygens (including phenoxy) is 1. The van der Waals surface area contributed by atoms with Gasteiger partial charge in [-0.2, -0.15) is 0 Å². The van der Waals surface area contributed by atoms with E-state index in [-0.39, 0.29) is 25.7 Å². The molecule has 2 aromatic carbocycles. The zero-order chi connectivity index (χ0) is 22.2. The highest BCUT2D eigenvalue weighted by Gasteiger charge is 2.18. The topological polar surface area (TPSA) is 85.9 Å². The van der Waals surface area contributed by atoms with Gasteiger partial charge in [0, 0.05) is 30.5 Å². The Hall–Kier alpha value is -3.16. The number of nitrogens with zero attached hydrogens (tertiary/aromatic N) is 2. The van der Waals surface area contributed by atoms with Crippen LogP contribution in [0.1, 0.15) is 21.6 Å². The highest BCUT2D eigenvalue weighted by atomic mass is 16.5. The summed E-state index contributed by atoms with van der Waals surface area (Å²) in [4.78, 5) is 31.0. The molecule has 0 aliphatic carbocycles. The molecular weight excluding hydrogens is 394 g/mol. The maximum absolute atomic E-state index is 13.0. The number of hydrogen-bond donors (Lipinski definition) is 2. The molecule has 0 atom stereocenters. The lowest BCUT2D eigenvalue weighted by Gasteiger charge is -2.24. The minimum absolute atomic E-state index is 0.0152. The number of carbonyl (C=O) groups excluding carboxylic acids is 2. The largest absolute Gasteiger partial charge is 0.491 e. The first kappa shape index (κ1) is 22.5. The van der Waals surface area contributed by atoms with E-state index in [0.29, 0.717) is 25.3 Å². The first-order chi connectivity index (χ1) is 15.0. The van der Waals surface area contributed by atoms with Crippen molar-refractivity contribution >= 4 is 23.1 Å². The number of rotatable bonds is 11. The SMILES string of the molecule is Cc1ccc2[nH]c(C(=O)N(CC=O)CCN(C)Cc3ccc(OCCO)cc3)cc2c1. The first-order valence-corrected chi connectivity index (χ1v) is 10.3. The lowest BCUT2D eigenvalue weighted by Crippen LogP contribution is -2.38. The van der Waals surface area contributed by atoms with Gasteiger partial charge in [0.2, 0.25) is 0 Å². The highest BCUT2D eigenvalue weighted by Crippen LogP contribution is 2.18.